The fourth-order valence-corrected chi connectivity index (χ4v) is 5.17. The van der Waals surface area contributed by atoms with Gasteiger partial charge in [-0.15, -0.1) is 0 Å². The summed E-state index contributed by atoms with van der Waals surface area (Å²) in [6, 6.07) is 9.17. The van der Waals surface area contributed by atoms with Gasteiger partial charge in [0, 0.05) is 24.2 Å². The molecule has 5 nitrogen and oxygen atoms in total. The van der Waals surface area contributed by atoms with Crippen LogP contribution in [0.4, 0.5) is 0 Å². The van der Waals surface area contributed by atoms with Gasteiger partial charge in [-0.05, 0) is 44.5 Å². The van der Waals surface area contributed by atoms with E-state index < -0.39 is 10.0 Å². The minimum absolute atomic E-state index is 0.0696. The van der Waals surface area contributed by atoms with Crippen LogP contribution in [0, 0.1) is 0 Å². The van der Waals surface area contributed by atoms with Gasteiger partial charge >= 0.3 is 0 Å². The van der Waals surface area contributed by atoms with Crippen LogP contribution in [0.3, 0.4) is 0 Å². The Balaban J connectivity index is 2.06. The quantitative estimate of drug-likeness (QED) is 0.912. The second-order valence-electron chi connectivity index (χ2n) is 5.93. The largest absolute Gasteiger partial charge is 0.317 e. The lowest BCUT2D eigenvalue weighted by atomic mass is 10.1. The Morgan fingerprint density at radius 2 is 1.96 bits per heavy atom. The van der Waals surface area contributed by atoms with Gasteiger partial charge in [-0.3, -0.25) is 4.98 Å². The molecule has 1 saturated heterocycles. The molecule has 0 spiro atoms. The maximum absolute atomic E-state index is 13.3. The van der Waals surface area contributed by atoms with Crippen molar-refractivity contribution in [3.63, 3.8) is 0 Å². The second-order valence-corrected chi connectivity index (χ2v) is 7.79. The molecule has 124 valence electrons. The minimum Gasteiger partial charge on any atom is -0.317 e. The zero-order chi connectivity index (χ0) is 16.3. The van der Waals surface area contributed by atoms with Crippen LogP contribution in [0.25, 0.3) is 10.9 Å². The van der Waals surface area contributed by atoms with Gasteiger partial charge in [-0.1, -0.05) is 25.1 Å². The average molecular weight is 333 g/mol. The van der Waals surface area contributed by atoms with Crippen LogP contribution in [0.15, 0.2) is 41.4 Å². The van der Waals surface area contributed by atoms with Crippen molar-refractivity contribution in [2.24, 2.45) is 0 Å². The third kappa shape index (κ3) is 3.24. The van der Waals surface area contributed by atoms with Crippen LogP contribution in [0.2, 0.25) is 0 Å². The molecule has 2 heterocycles. The van der Waals surface area contributed by atoms with Gasteiger partial charge in [0.2, 0.25) is 10.0 Å². The molecule has 23 heavy (non-hydrogen) atoms. The summed E-state index contributed by atoms with van der Waals surface area (Å²) >= 11 is 0. The van der Waals surface area contributed by atoms with E-state index in [-0.39, 0.29) is 6.04 Å². The van der Waals surface area contributed by atoms with E-state index in [1.165, 1.54) is 0 Å². The molecule has 3 rings (SSSR count). The lowest BCUT2D eigenvalue weighted by molar-refractivity contribution is 0.262. The summed E-state index contributed by atoms with van der Waals surface area (Å²) < 4.78 is 28.3. The zero-order valence-corrected chi connectivity index (χ0v) is 14.2. The predicted molar refractivity (Wildman–Crippen MR) is 91.8 cm³/mol. The van der Waals surface area contributed by atoms with Crippen LogP contribution < -0.4 is 5.32 Å². The summed E-state index contributed by atoms with van der Waals surface area (Å²) in [5.74, 6) is 0. The molecule has 0 unspecified atom stereocenters. The summed E-state index contributed by atoms with van der Waals surface area (Å²) in [5, 5.41) is 4.16. The third-order valence-electron chi connectivity index (χ3n) is 4.34. The number of aromatic nitrogens is 1. The van der Waals surface area contributed by atoms with Gasteiger partial charge in [0.05, 0.1) is 5.52 Å². The molecule has 0 radical (unpaired) electrons. The third-order valence-corrected chi connectivity index (χ3v) is 6.33. The van der Waals surface area contributed by atoms with Gasteiger partial charge < -0.3 is 5.32 Å². The molecule has 0 bridgehead atoms. The van der Waals surface area contributed by atoms with Gasteiger partial charge in [0.15, 0.2) is 0 Å². The van der Waals surface area contributed by atoms with Crippen molar-refractivity contribution in [3.8, 4) is 0 Å². The number of fused-ring (bicyclic) bond motifs is 1. The smallest absolute Gasteiger partial charge is 0.245 e. The molecular weight excluding hydrogens is 310 g/mol. The molecule has 0 aliphatic carbocycles. The molecule has 1 aliphatic rings. The fourth-order valence-electron chi connectivity index (χ4n) is 3.22. The van der Waals surface area contributed by atoms with E-state index in [2.05, 4.69) is 10.3 Å². The number of piperidine rings is 1. The number of para-hydroxylation sites is 1. The van der Waals surface area contributed by atoms with E-state index >= 15 is 0 Å². The number of nitrogens with zero attached hydrogens (tertiary/aromatic N) is 2. The number of rotatable bonds is 5. The Morgan fingerprint density at radius 3 is 2.70 bits per heavy atom. The van der Waals surface area contributed by atoms with E-state index in [4.69, 9.17) is 0 Å². The topological polar surface area (TPSA) is 62.3 Å². The molecule has 1 N–H and O–H groups in total. The van der Waals surface area contributed by atoms with Crippen molar-refractivity contribution in [2.45, 2.75) is 37.1 Å². The van der Waals surface area contributed by atoms with Gasteiger partial charge in [0.25, 0.3) is 0 Å². The van der Waals surface area contributed by atoms with Crippen LogP contribution in [0.5, 0.6) is 0 Å². The molecule has 1 aliphatic heterocycles. The highest BCUT2D eigenvalue weighted by Gasteiger charge is 2.32. The number of pyridine rings is 1. The molecule has 1 aromatic carbocycles. The highest BCUT2D eigenvalue weighted by atomic mass is 32.2. The molecule has 6 heteroatoms. The van der Waals surface area contributed by atoms with Crippen molar-refractivity contribution in [2.75, 3.05) is 19.6 Å². The monoisotopic (exact) mass is 333 g/mol. The molecular formula is C17H23N3O2S. The van der Waals surface area contributed by atoms with Gasteiger partial charge in [0.1, 0.15) is 4.90 Å². The maximum atomic E-state index is 13.3. The van der Waals surface area contributed by atoms with E-state index in [1.54, 1.807) is 22.6 Å². The first-order valence-corrected chi connectivity index (χ1v) is 9.65. The predicted octanol–water partition coefficient (Wildman–Crippen LogP) is 2.39. The molecule has 1 fully saturated rings. The summed E-state index contributed by atoms with van der Waals surface area (Å²) in [6.45, 7) is 4.31. The highest BCUT2D eigenvalue weighted by molar-refractivity contribution is 7.89. The van der Waals surface area contributed by atoms with Crippen molar-refractivity contribution in [3.05, 3.63) is 36.5 Å². The summed E-state index contributed by atoms with van der Waals surface area (Å²) in [7, 11) is -3.55. The number of hydrogen-bond acceptors (Lipinski definition) is 4. The maximum Gasteiger partial charge on any atom is 0.245 e. The molecule has 0 saturated carbocycles. The SMILES string of the molecule is CCCN(C1CCNCC1)S(=O)(=O)c1cccc2cccnc12. The van der Waals surface area contributed by atoms with E-state index in [1.807, 2.05) is 25.1 Å². The Bertz CT molecular complexity index is 765. The van der Waals surface area contributed by atoms with Crippen molar-refractivity contribution in [1.29, 1.82) is 0 Å². The van der Waals surface area contributed by atoms with Crippen LogP contribution >= 0.6 is 0 Å². The Kier molecular flexibility index (Phi) is 4.94. The lowest BCUT2D eigenvalue weighted by Gasteiger charge is -2.33. The normalized spacial score (nSPS) is 17.0. The Morgan fingerprint density at radius 1 is 1.22 bits per heavy atom. The van der Waals surface area contributed by atoms with E-state index in [0.29, 0.717) is 17.0 Å². The minimum atomic E-state index is -3.55. The molecule has 0 atom stereocenters. The van der Waals surface area contributed by atoms with E-state index in [9.17, 15) is 8.42 Å². The molecule has 1 aromatic heterocycles. The summed E-state index contributed by atoms with van der Waals surface area (Å²) in [5.41, 5.74) is 0.560. The van der Waals surface area contributed by atoms with E-state index in [0.717, 1.165) is 37.7 Å². The summed E-state index contributed by atoms with van der Waals surface area (Å²) in [6.07, 6.45) is 4.17. The average Bonchev–Trinajstić information content (AvgIpc) is 2.59. The number of nitrogens with one attached hydrogen (secondary N) is 1. The number of benzene rings is 1. The fraction of sp³-hybridized carbons (Fsp3) is 0.471. The molecule has 0 amide bonds. The number of hydrogen-bond donors (Lipinski definition) is 1. The lowest BCUT2D eigenvalue weighted by Crippen LogP contribution is -2.46. The van der Waals surface area contributed by atoms with Crippen molar-refractivity contribution >= 4 is 20.9 Å². The second kappa shape index (κ2) is 6.95. The van der Waals surface area contributed by atoms with Crippen LogP contribution in [0.1, 0.15) is 26.2 Å². The van der Waals surface area contributed by atoms with Crippen LogP contribution in [-0.4, -0.2) is 43.4 Å². The van der Waals surface area contributed by atoms with Gasteiger partial charge in [-0.2, -0.15) is 4.31 Å². The van der Waals surface area contributed by atoms with Crippen LogP contribution in [-0.2, 0) is 10.0 Å². The van der Waals surface area contributed by atoms with Crippen molar-refractivity contribution < 1.29 is 8.42 Å². The standard InChI is InChI=1S/C17H23N3O2S/c1-2-13-20(15-8-11-18-12-9-15)23(21,22)16-7-3-5-14-6-4-10-19-17(14)16/h3-7,10,15,18H,2,8-9,11-13H2,1H3. The highest BCUT2D eigenvalue weighted by Crippen LogP contribution is 2.27. The van der Waals surface area contributed by atoms with Gasteiger partial charge in [-0.25, -0.2) is 8.42 Å². The Hall–Kier alpha value is -1.50. The first-order valence-electron chi connectivity index (χ1n) is 8.21. The number of sulfonamides is 1. The first-order chi connectivity index (χ1) is 11.1. The first kappa shape index (κ1) is 16.4. The Labute approximate surface area is 137 Å². The zero-order valence-electron chi connectivity index (χ0n) is 13.4. The summed E-state index contributed by atoms with van der Waals surface area (Å²) in [4.78, 5) is 4.64. The molecule has 2 aromatic rings. The van der Waals surface area contributed by atoms with Crippen molar-refractivity contribution in [1.82, 2.24) is 14.6 Å².